The minimum Gasteiger partial charge on any atom is -0.506 e. The van der Waals surface area contributed by atoms with Crippen molar-refractivity contribution in [3.63, 3.8) is 0 Å². The van der Waals surface area contributed by atoms with Gasteiger partial charge in [0.05, 0.1) is 39.8 Å². The summed E-state index contributed by atoms with van der Waals surface area (Å²) in [6.07, 6.45) is 6.13. The highest BCUT2D eigenvalue weighted by atomic mass is 35.5. The lowest BCUT2D eigenvalue weighted by atomic mass is 10.1. The lowest BCUT2D eigenvalue weighted by Gasteiger charge is -2.15. The van der Waals surface area contributed by atoms with E-state index < -0.39 is 5.91 Å². The number of nitriles is 1. The molecule has 2 aromatic carbocycles. The molecule has 204 valence electrons. The molecule has 0 spiro atoms. The van der Waals surface area contributed by atoms with Crippen molar-refractivity contribution >= 4 is 45.5 Å². The van der Waals surface area contributed by atoms with Crippen LogP contribution in [0.4, 0.5) is 17.1 Å². The number of ether oxygens (including phenoxy) is 2. The maximum Gasteiger partial charge on any atom is 0.248 e. The molecule has 4 aromatic rings. The van der Waals surface area contributed by atoms with Crippen molar-refractivity contribution in [2.75, 3.05) is 37.4 Å². The zero-order chi connectivity index (χ0) is 28.3. The van der Waals surface area contributed by atoms with Crippen LogP contribution in [0.2, 0.25) is 5.02 Å². The highest BCUT2D eigenvalue weighted by molar-refractivity contribution is 6.32. The van der Waals surface area contributed by atoms with Gasteiger partial charge in [-0.3, -0.25) is 14.8 Å². The van der Waals surface area contributed by atoms with Gasteiger partial charge in [-0.05, 0) is 36.4 Å². The number of phenols is 1. The number of nitrogens with one attached hydrogen (secondary N) is 3. The summed E-state index contributed by atoms with van der Waals surface area (Å²) in [4.78, 5) is 20.9. The smallest absolute Gasteiger partial charge is 0.248 e. The Kier molecular flexibility index (Phi) is 9.85. The van der Waals surface area contributed by atoms with Crippen molar-refractivity contribution in [3.05, 3.63) is 89.4 Å². The summed E-state index contributed by atoms with van der Waals surface area (Å²) in [5, 5.41) is 30.1. The number of benzene rings is 2. The van der Waals surface area contributed by atoms with Crippen LogP contribution in [0.5, 0.6) is 11.5 Å². The Morgan fingerprint density at radius 3 is 2.83 bits per heavy atom. The second-order valence-corrected chi connectivity index (χ2v) is 8.92. The van der Waals surface area contributed by atoms with Crippen molar-refractivity contribution in [3.8, 4) is 17.6 Å². The highest BCUT2D eigenvalue weighted by Crippen LogP contribution is 2.36. The third kappa shape index (κ3) is 7.45. The van der Waals surface area contributed by atoms with Gasteiger partial charge in [-0.25, -0.2) is 0 Å². The van der Waals surface area contributed by atoms with E-state index in [0.29, 0.717) is 52.7 Å². The Balaban J connectivity index is 1.54. The van der Waals surface area contributed by atoms with Crippen LogP contribution in [0.1, 0.15) is 11.3 Å². The summed E-state index contributed by atoms with van der Waals surface area (Å²) in [5.41, 5.74) is 2.68. The minimum absolute atomic E-state index is 0.159. The van der Waals surface area contributed by atoms with Crippen LogP contribution in [-0.2, 0) is 16.1 Å². The molecule has 0 unspecified atom stereocenters. The molecule has 2 aromatic heterocycles. The van der Waals surface area contributed by atoms with Crippen molar-refractivity contribution in [2.45, 2.75) is 6.61 Å². The number of methoxy groups -OCH3 is 1. The van der Waals surface area contributed by atoms with Crippen LogP contribution >= 0.6 is 11.6 Å². The molecule has 0 saturated carbocycles. The molecule has 1 amide bonds. The number of pyridine rings is 2. The molecule has 0 bridgehead atoms. The number of aromatic hydroxyl groups is 1. The summed E-state index contributed by atoms with van der Waals surface area (Å²) in [5.74, 6) is -0.0990. The molecular formula is C29H27ClN6O4. The largest absolute Gasteiger partial charge is 0.506 e. The fourth-order valence-corrected chi connectivity index (χ4v) is 3.96. The molecule has 40 heavy (non-hydrogen) atoms. The summed E-state index contributed by atoms with van der Waals surface area (Å²) in [6, 6.07) is 15.8. The molecule has 0 fully saturated rings. The van der Waals surface area contributed by atoms with Crippen LogP contribution < -0.4 is 20.7 Å². The first-order valence-corrected chi connectivity index (χ1v) is 12.7. The molecule has 4 N–H and O–H groups in total. The Bertz CT molecular complexity index is 1560. The van der Waals surface area contributed by atoms with E-state index in [0.717, 1.165) is 5.69 Å². The van der Waals surface area contributed by atoms with E-state index in [1.54, 1.807) is 43.6 Å². The van der Waals surface area contributed by atoms with Crippen molar-refractivity contribution < 1.29 is 19.4 Å². The summed E-state index contributed by atoms with van der Waals surface area (Å²) < 4.78 is 10.8. The highest BCUT2D eigenvalue weighted by Gasteiger charge is 2.15. The molecule has 11 heteroatoms. The van der Waals surface area contributed by atoms with E-state index >= 15 is 0 Å². The van der Waals surface area contributed by atoms with Gasteiger partial charge in [0.2, 0.25) is 5.91 Å². The number of phenolic OH excluding ortho intramolecular Hbond substituents is 1. The standard InChI is InChI=1S/C29H27ClN6O4/c1-39-12-11-32-9-4-6-28(38)36-25-14-22-24(15-26(25)37)34-17-19(16-31)29(22)35-20-7-8-27(23(30)13-20)40-18-21-5-2-3-10-33-21/h2-8,10,13-15,17,32,37H,9,11-12,18H2,1H3,(H,34,35)(H,36,38)/b6-4+. The van der Waals surface area contributed by atoms with Crippen LogP contribution in [0.3, 0.4) is 0 Å². The summed E-state index contributed by atoms with van der Waals surface area (Å²) in [7, 11) is 1.61. The number of carbonyl (C=O) groups is 1. The predicted molar refractivity (Wildman–Crippen MR) is 154 cm³/mol. The van der Waals surface area contributed by atoms with Gasteiger partial charge < -0.3 is 30.5 Å². The molecule has 0 radical (unpaired) electrons. The third-order valence-corrected chi connectivity index (χ3v) is 5.98. The lowest BCUT2D eigenvalue weighted by molar-refractivity contribution is -0.111. The first kappa shape index (κ1) is 28.3. The maximum atomic E-state index is 12.4. The Morgan fingerprint density at radius 1 is 1.20 bits per heavy atom. The Morgan fingerprint density at radius 2 is 2.08 bits per heavy atom. The van der Waals surface area contributed by atoms with Gasteiger partial charge in [-0.2, -0.15) is 5.26 Å². The molecular weight excluding hydrogens is 532 g/mol. The summed E-state index contributed by atoms with van der Waals surface area (Å²) >= 11 is 6.47. The number of rotatable bonds is 12. The monoisotopic (exact) mass is 558 g/mol. The van der Waals surface area contributed by atoms with Crippen molar-refractivity contribution in [1.82, 2.24) is 15.3 Å². The molecule has 2 heterocycles. The SMILES string of the molecule is COCCNC/C=C/C(=O)Nc1cc2c(Nc3ccc(OCc4ccccn4)c(Cl)c3)c(C#N)cnc2cc1O. The number of anilines is 3. The number of aromatic nitrogens is 2. The normalized spacial score (nSPS) is 10.9. The molecule has 0 aliphatic carbocycles. The first-order chi connectivity index (χ1) is 19.5. The molecule has 0 saturated heterocycles. The fourth-order valence-electron chi connectivity index (χ4n) is 3.72. The van der Waals surface area contributed by atoms with E-state index in [4.69, 9.17) is 21.1 Å². The fraction of sp³-hybridized carbons (Fsp3) is 0.172. The number of fused-ring (bicyclic) bond motifs is 1. The van der Waals surface area contributed by atoms with Gasteiger partial charge in [0.15, 0.2) is 0 Å². The van der Waals surface area contributed by atoms with Crippen molar-refractivity contribution in [2.24, 2.45) is 0 Å². The quantitative estimate of drug-likeness (QED) is 0.108. The molecule has 0 aliphatic heterocycles. The second-order valence-electron chi connectivity index (χ2n) is 8.51. The van der Waals surface area contributed by atoms with Gasteiger partial charge in [0, 0.05) is 55.8 Å². The number of hydrogen-bond acceptors (Lipinski definition) is 9. The Labute approximate surface area is 236 Å². The summed E-state index contributed by atoms with van der Waals surface area (Å²) in [6.45, 7) is 1.97. The number of hydrogen-bond donors (Lipinski definition) is 4. The number of carbonyl (C=O) groups excluding carboxylic acids is 1. The number of amides is 1. The molecule has 4 rings (SSSR count). The van der Waals surface area contributed by atoms with Crippen LogP contribution in [0.15, 0.2) is 73.1 Å². The van der Waals surface area contributed by atoms with Crippen LogP contribution in [-0.4, -0.2) is 47.8 Å². The molecule has 10 nitrogen and oxygen atoms in total. The van der Waals surface area contributed by atoms with Gasteiger partial charge in [0.1, 0.15) is 24.2 Å². The number of nitrogens with zero attached hydrogens (tertiary/aromatic N) is 3. The average Bonchev–Trinajstić information content (AvgIpc) is 2.96. The molecule has 0 aliphatic rings. The lowest BCUT2D eigenvalue weighted by Crippen LogP contribution is -2.19. The third-order valence-electron chi connectivity index (χ3n) is 5.68. The minimum atomic E-state index is -0.421. The predicted octanol–water partition coefficient (Wildman–Crippen LogP) is 4.91. The topological polar surface area (TPSA) is 141 Å². The molecule has 0 atom stereocenters. The van der Waals surface area contributed by atoms with E-state index in [1.165, 1.54) is 18.3 Å². The maximum absolute atomic E-state index is 12.4. The van der Waals surface area contributed by atoms with Gasteiger partial charge in [0.25, 0.3) is 0 Å². The van der Waals surface area contributed by atoms with E-state index in [-0.39, 0.29) is 23.6 Å². The van der Waals surface area contributed by atoms with Crippen LogP contribution in [0, 0.1) is 11.3 Å². The van der Waals surface area contributed by atoms with Gasteiger partial charge in [-0.15, -0.1) is 0 Å². The first-order valence-electron chi connectivity index (χ1n) is 12.3. The van der Waals surface area contributed by atoms with Gasteiger partial charge in [-0.1, -0.05) is 23.7 Å². The second kappa shape index (κ2) is 13.9. The van der Waals surface area contributed by atoms with Gasteiger partial charge >= 0.3 is 0 Å². The van der Waals surface area contributed by atoms with E-state index in [2.05, 4.69) is 32.0 Å². The average molecular weight is 559 g/mol. The zero-order valence-corrected chi connectivity index (χ0v) is 22.4. The zero-order valence-electron chi connectivity index (χ0n) is 21.6. The number of halogens is 1. The van der Waals surface area contributed by atoms with Crippen LogP contribution in [0.25, 0.3) is 10.9 Å². The Hall–Kier alpha value is -4.69. The van der Waals surface area contributed by atoms with E-state index in [1.807, 2.05) is 18.2 Å². The van der Waals surface area contributed by atoms with Crippen molar-refractivity contribution in [1.29, 1.82) is 5.26 Å². The van der Waals surface area contributed by atoms with E-state index in [9.17, 15) is 15.2 Å².